The molecule has 0 bridgehead atoms. The van der Waals surface area contributed by atoms with Crippen molar-refractivity contribution in [2.45, 2.75) is 37.3 Å². The van der Waals surface area contributed by atoms with E-state index < -0.39 is 36.4 Å². The second kappa shape index (κ2) is 11.6. The highest BCUT2D eigenvalue weighted by atomic mass is 19.1. The van der Waals surface area contributed by atoms with Gasteiger partial charge in [-0.3, -0.25) is 0 Å². The number of alkyl halides is 1. The molecule has 2 aromatic rings. The van der Waals surface area contributed by atoms with E-state index in [1.54, 1.807) is 36.4 Å². The number of hydrogen-bond donors (Lipinski definition) is 1. The first kappa shape index (κ1) is 24.5. The van der Waals surface area contributed by atoms with Crippen LogP contribution in [0, 0.1) is 0 Å². The third-order valence-corrected chi connectivity index (χ3v) is 5.31. The molecule has 0 aliphatic carbocycles. The number of carbonyl (C=O) groups is 2. The van der Waals surface area contributed by atoms with Gasteiger partial charge in [0.2, 0.25) is 0 Å². The summed E-state index contributed by atoms with van der Waals surface area (Å²) in [5.74, 6) is -0.214. The summed E-state index contributed by atoms with van der Waals surface area (Å²) in [6.07, 6.45) is -4.24. The van der Waals surface area contributed by atoms with Crippen molar-refractivity contribution in [1.29, 1.82) is 0 Å². The highest BCUT2D eigenvalue weighted by Gasteiger charge is 2.47. The van der Waals surface area contributed by atoms with Crippen molar-refractivity contribution >= 4 is 11.9 Å². The number of hydrogen-bond acceptors (Lipinski definition) is 8. The lowest BCUT2D eigenvalue weighted by atomic mass is 10.1. The molecule has 0 aromatic heterocycles. The molecule has 1 fully saturated rings. The molecule has 2 aromatic carbocycles. The first-order valence-electron chi connectivity index (χ1n) is 10.5. The fourth-order valence-corrected chi connectivity index (χ4v) is 3.48. The molecule has 3 rings (SSSR count). The monoisotopic (exact) mass is 462 g/mol. The number of aliphatic hydroxyl groups is 1. The predicted octanol–water partition coefficient (Wildman–Crippen LogP) is 2.96. The third-order valence-electron chi connectivity index (χ3n) is 5.31. The van der Waals surface area contributed by atoms with Crippen LogP contribution in [0.5, 0.6) is 11.5 Å². The highest BCUT2D eigenvalue weighted by Crippen LogP contribution is 2.31. The van der Waals surface area contributed by atoms with Gasteiger partial charge in [0.05, 0.1) is 31.5 Å². The Hall–Kier alpha value is -3.17. The SMILES string of the molecule is COc1ccc(C(=O)OCC2OC(CCCO)[C@@H](F)[C@@H]2OC(=O)c2ccc(OC)cc2)cc1. The van der Waals surface area contributed by atoms with E-state index in [0.29, 0.717) is 17.9 Å². The van der Waals surface area contributed by atoms with Crippen molar-refractivity contribution in [1.82, 2.24) is 0 Å². The molecule has 8 nitrogen and oxygen atoms in total. The zero-order valence-corrected chi connectivity index (χ0v) is 18.4. The molecular formula is C24H27FO8. The summed E-state index contributed by atoms with van der Waals surface area (Å²) in [6, 6.07) is 12.5. The molecule has 4 atom stereocenters. The van der Waals surface area contributed by atoms with Gasteiger partial charge in [-0.2, -0.15) is 0 Å². The molecule has 1 saturated heterocycles. The van der Waals surface area contributed by atoms with Crippen molar-refractivity contribution in [2.24, 2.45) is 0 Å². The Morgan fingerprint density at radius 3 is 1.97 bits per heavy atom. The molecule has 0 amide bonds. The number of aliphatic hydroxyl groups excluding tert-OH is 1. The van der Waals surface area contributed by atoms with Gasteiger partial charge >= 0.3 is 11.9 Å². The second-order valence-corrected chi connectivity index (χ2v) is 7.45. The predicted molar refractivity (Wildman–Crippen MR) is 115 cm³/mol. The summed E-state index contributed by atoms with van der Waals surface area (Å²) in [5, 5.41) is 9.07. The fourth-order valence-electron chi connectivity index (χ4n) is 3.48. The molecule has 9 heteroatoms. The van der Waals surface area contributed by atoms with Crippen molar-refractivity contribution < 1.29 is 42.8 Å². The Morgan fingerprint density at radius 2 is 1.45 bits per heavy atom. The first-order chi connectivity index (χ1) is 16.0. The number of carbonyl (C=O) groups excluding carboxylic acids is 2. The second-order valence-electron chi connectivity index (χ2n) is 7.45. The topological polar surface area (TPSA) is 101 Å². The number of esters is 2. The highest BCUT2D eigenvalue weighted by molar-refractivity contribution is 5.90. The quantitative estimate of drug-likeness (QED) is 0.538. The van der Waals surface area contributed by atoms with Gasteiger partial charge in [-0.25, -0.2) is 14.0 Å². The standard InChI is InChI=1S/C24H27FO8/c1-29-17-9-5-15(6-10-17)23(27)31-14-20-22(21(25)19(32-20)4-3-13-26)33-24(28)16-7-11-18(30-2)12-8-16/h5-12,19-22,26H,3-4,13-14H2,1-2H3/t19?,20?,21-,22-/m1/s1. The van der Waals surface area contributed by atoms with Crippen LogP contribution in [0.3, 0.4) is 0 Å². The summed E-state index contributed by atoms with van der Waals surface area (Å²) < 4.78 is 41.7. The average molecular weight is 462 g/mol. The van der Waals surface area contributed by atoms with Crippen LogP contribution in [-0.4, -0.2) is 69.0 Å². The first-order valence-corrected chi connectivity index (χ1v) is 10.5. The molecule has 0 radical (unpaired) electrons. The number of ether oxygens (including phenoxy) is 5. The molecule has 1 aliphatic rings. The Bertz CT molecular complexity index is 915. The maximum absolute atomic E-state index is 15.1. The van der Waals surface area contributed by atoms with E-state index in [2.05, 4.69) is 0 Å². The minimum absolute atomic E-state index is 0.125. The largest absolute Gasteiger partial charge is 0.497 e. The van der Waals surface area contributed by atoms with Crippen molar-refractivity contribution in [2.75, 3.05) is 27.4 Å². The van der Waals surface area contributed by atoms with Crippen molar-refractivity contribution in [3.05, 3.63) is 59.7 Å². The molecule has 1 N–H and O–H groups in total. The van der Waals surface area contributed by atoms with E-state index in [4.69, 9.17) is 28.8 Å². The lowest BCUT2D eigenvalue weighted by Crippen LogP contribution is -2.37. The van der Waals surface area contributed by atoms with Gasteiger partial charge in [0.15, 0.2) is 12.3 Å². The number of benzene rings is 2. The minimum Gasteiger partial charge on any atom is -0.497 e. The van der Waals surface area contributed by atoms with Gasteiger partial charge in [-0.15, -0.1) is 0 Å². The number of halogens is 1. The van der Waals surface area contributed by atoms with Gasteiger partial charge in [-0.05, 0) is 61.4 Å². The van der Waals surface area contributed by atoms with Crippen LogP contribution in [0.2, 0.25) is 0 Å². The molecule has 178 valence electrons. The van der Waals surface area contributed by atoms with Gasteiger partial charge in [0.1, 0.15) is 24.2 Å². The molecular weight excluding hydrogens is 435 g/mol. The van der Waals surface area contributed by atoms with Crippen molar-refractivity contribution in [3.8, 4) is 11.5 Å². The zero-order chi connectivity index (χ0) is 23.8. The van der Waals surface area contributed by atoms with Gasteiger partial charge in [0.25, 0.3) is 0 Å². The Labute approximate surface area is 191 Å². The summed E-state index contributed by atoms with van der Waals surface area (Å²) in [4.78, 5) is 25.0. The molecule has 1 heterocycles. The van der Waals surface area contributed by atoms with Crippen LogP contribution in [0.4, 0.5) is 4.39 Å². The fraction of sp³-hybridized carbons (Fsp3) is 0.417. The van der Waals surface area contributed by atoms with E-state index in [0.717, 1.165) is 0 Å². The van der Waals surface area contributed by atoms with Crippen molar-refractivity contribution in [3.63, 3.8) is 0 Å². The molecule has 33 heavy (non-hydrogen) atoms. The summed E-state index contributed by atoms with van der Waals surface area (Å²) in [5.41, 5.74) is 0.505. The Kier molecular flexibility index (Phi) is 8.62. The van der Waals surface area contributed by atoms with E-state index in [1.165, 1.54) is 26.4 Å². The van der Waals surface area contributed by atoms with Crippen LogP contribution >= 0.6 is 0 Å². The normalized spacial score (nSPS) is 21.9. The molecule has 2 unspecified atom stereocenters. The van der Waals surface area contributed by atoms with E-state index in [1.807, 2.05) is 0 Å². The van der Waals surface area contributed by atoms with Crippen LogP contribution in [-0.2, 0) is 14.2 Å². The lowest BCUT2D eigenvalue weighted by molar-refractivity contribution is -0.0441. The Balaban J connectivity index is 1.67. The van der Waals surface area contributed by atoms with Gasteiger partial charge in [-0.1, -0.05) is 0 Å². The summed E-state index contributed by atoms with van der Waals surface area (Å²) >= 11 is 0. The smallest absolute Gasteiger partial charge is 0.338 e. The molecule has 1 aliphatic heterocycles. The van der Waals surface area contributed by atoms with E-state index in [-0.39, 0.29) is 30.8 Å². The van der Waals surface area contributed by atoms with E-state index in [9.17, 15) is 9.59 Å². The maximum Gasteiger partial charge on any atom is 0.338 e. The maximum atomic E-state index is 15.1. The zero-order valence-electron chi connectivity index (χ0n) is 18.4. The molecule has 0 spiro atoms. The van der Waals surface area contributed by atoms with E-state index >= 15 is 4.39 Å². The third kappa shape index (κ3) is 6.21. The van der Waals surface area contributed by atoms with Gasteiger partial charge in [0, 0.05) is 6.61 Å². The van der Waals surface area contributed by atoms with Crippen LogP contribution < -0.4 is 9.47 Å². The van der Waals surface area contributed by atoms with Crippen LogP contribution in [0.15, 0.2) is 48.5 Å². The average Bonchev–Trinajstić information content (AvgIpc) is 3.15. The minimum atomic E-state index is -1.64. The number of rotatable bonds is 10. The van der Waals surface area contributed by atoms with Gasteiger partial charge < -0.3 is 28.8 Å². The number of methoxy groups -OCH3 is 2. The summed E-state index contributed by atoms with van der Waals surface area (Å²) in [6.45, 7) is -0.429. The van der Waals surface area contributed by atoms with Crippen LogP contribution in [0.25, 0.3) is 0 Å². The lowest BCUT2D eigenvalue weighted by Gasteiger charge is -2.20. The molecule has 0 saturated carbocycles. The Morgan fingerprint density at radius 1 is 0.909 bits per heavy atom. The summed E-state index contributed by atoms with van der Waals surface area (Å²) in [7, 11) is 3.01. The van der Waals surface area contributed by atoms with Crippen LogP contribution in [0.1, 0.15) is 33.6 Å².